The predicted octanol–water partition coefficient (Wildman–Crippen LogP) is 2.23. The van der Waals surface area contributed by atoms with Gasteiger partial charge >= 0.3 is 0 Å². The molecule has 0 spiro atoms. The minimum atomic E-state index is -1.50. The number of nitrogens with zero attached hydrogens (tertiary/aromatic N) is 2. The van der Waals surface area contributed by atoms with Gasteiger partial charge in [0, 0.05) is 15.4 Å². The Labute approximate surface area is 121 Å². The van der Waals surface area contributed by atoms with Crippen LogP contribution in [0.25, 0.3) is 16.6 Å². The Morgan fingerprint density at radius 2 is 2.32 bits per heavy atom. The van der Waals surface area contributed by atoms with E-state index in [1.165, 1.54) is 17.4 Å². The minimum absolute atomic E-state index is 0.431. The van der Waals surface area contributed by atoms with E-state index < -0.39 is 11.5 Å². The zero-order valence-corrected chi connectivity index (χ0v) is 11.9. The van der Waals surface area contributed by atoms with Gasteiger partial charge in [0.05, 0.1) is 17.2 Å². The third-order valence-corrected chi connectivity index (χ3v) is 3.63. The first kappa shape index (κ1) is 13.5. The number of aliphatic carboxylic acids is 1. The maximum atomic E-state index is 10.6. The van der Waals surface area contributed by atoms with E-state index in [-0.39, 0.29) is 0 Å². The van der Waals surface area contributed by atoms with Crippen LogP contribution in [0, 0.1) is 11.3 Å². The molecule has 0 aliphatic carbocycles. The minimum Gasteiger partial charge on any atom is -0.544 e. The molecule has 2 aromatic rings. The van der Waals surface area contributed by atoms with Crippen molar-refractivity contribution in [2.75, 3.05) is 0 Å². The number of rotatable bonds is 3. The lowest BCUT2D eigenvalue weighted by molar-refractivity contribution is -0.298. The van der Waals surface area contributed by atoms with Crippen LogP contribution in [0.1, 0.15) is 5.69 Å². The fourth-order valence-corrected chi connectivity index (χ4v) is 2.56. The van der Waals surface area contributed by atoms with Crippen molar-refractivity contribution in [3.05, 3.63) is 45.4 Å². The predicted molar refractivity (Wildman–Crippen MR) is 73.8 cm³/mol. The highest BCUT2D eigenvalue weighted by molar-refractivity contribution is 9.10. The van der Waals surface area contributed by atoms with Crippen molar-refractivity contribution in [2.24, 2.45) is 0 Å². The lowest BCUT2D eigenvalue weighted by Gasteiger charge is -1.97. The van der Waals surface area contributed by atoms with Crippen molar-refractivity contribution in [3.63, 3.8) is 0 Å². The SMILES string of the molecule is N#C/C(=C\c1csc(-c2cccc(Br)c2)n1)C(=O)[O-]. The van der Waals surface area contributed by atoms with Gasteiger partial charge in [-0.05, 0) is 18.2 Å². The summed E-state index contributed by atoms with van der Waals surface area (Å²) in [5.41, 5.74) is 0.915. The standard InChI is InChI=1S/C13H7BrN2O2S/c14-10-3-1-2-8(4-10)12-16-11(7-19-12)5-9(6-15)13(17)18/h1-5,7H,(H,17,18)/p-1/b9-5+. The summed E-state index contributed by atoms with van der Waals surface area (Å²) in [5, 5.41) is 21.7. The number of thiazole rings is 1. The Bertz CT molecular complexity index is 701. The monoisotopic (exact) mass is 333 g/mol. The van der Waals surface area contributed by atoms with Crippen molar-refractivity contribution in [1.82, 2.24) is 4.98 Å². The van der Waals surface area contributed by atoms with Crippen molar-refractivity contribution in [1.29, 1.82) is 5.26 Å². The summed E-state index contributed by atoms with van der Waals surface area (Å²) in [7, 11) is 0. The van der Waals surface area contributed by atoms with Gasteiger partial charge in [-0.25, -0.2) is 4.98 Å². The van der Waals surface area contributed by atoms with E-state index in [0.29, 0.717) is 5.69 Å². The summed E-state index contributed by atoms with van der Waals surface area (Å²) in [6.07, 6.45) is 1.20. The van der Waals surface area contributed by atoms with Crippen LogP contribution in [-0.4, -0.2) is 11.0 Å². The summed E-state index contributed by atoms with van der Waals surface area (Å²) in [6.45, 7) is 0. The summed E-state index contributed by atoms with van der Waals surface area (Å²) in [6, 6.07) is 9.17. The second kappa shape index (κ2) is 5.78. The molecule has 4 nitrogen and oxygen atoms in total. The maximum Gasteiger partial charge on any atom is 0.124 e. The second-order valence-corrected chi connectivity index (χ2v) is 5.32. The molecular weight excluding hydrogens is 328 g/mol. The number of nitriles is 1. The summed E-state index contributed by atoms with van der Waals surface area (Å²) < 4.78 is 0.935. The molecule has 2 rings (SSSR count). The smallest absolute Gasteiger partial charge is 0.124 e. The number of benzene rings is 1. The first-order valence-electron chi connectivity index (χ1n) is 5.15. The lowest BCUT2D eigenvalue weighted by Crippen LogP contribution is -2.23. The maximum absolute atomic E-state index is 10.6. The number of carboxylic acid groups (broad SMARTS) is 1. The zero-order chi connectivity index (χ0) is 13.8. The molecule has 0 bridgehead atoms. The molecule has 0 aliphatic heterocycles. The third-order valence-electron chi connectivity index (χ3n) is 2.23. The van der Waals surface area contributed by atoms with Crippen LogP contribution in [0.5, 0.6) is 0 Å². The molecule has 0 unspecified atom stereocenters. The van der Waals surface area contributed by atoms with E-state index in [1.807, 2.05) is 24.3 Å². The van der Waals surface area contributed by atoms with E-state index in [0.717, 1.165) is 15.0 Å². The van der Waals surface area contributed by atoms with E-state index >= 15 is 0 Å². The molecule has 19 heavy (non-hydrogen) atoms. The molecule has 0 amide bonds. The molecule has 0 atom stereocenters. The topological polar surface area (TPSA) is 76.8 Å². The largest absolute Gasteiger partial charge is 0.544 e. The fourth-order valence-electron chi connectivity index (χ4n) is 1.39. The number of hydrogen-bond acceptors (Lipinski definition) is 5. The first-order chi connectivity index (χ1) is 9.10. The molecule has 94 valence electrons. The van der Waals surface area contributed by atoms with Crippen LogP contribution in [0.2, 0.25) is 0 Å². The number of hydrogen-bond donors (Lipinski definition) is 0. The van der Waals surface area contributed by atoms with Crippen LogP contribution in [-0.2, 0) is 4.79 Å². The van der Waals surface area contributed by atoms with Gasteiger partial charge in [-0.2, -0.15) is 5.26 Å². The molecule has 0 saturated carbocycles. The van der Waals surface area contributed by atoms with Crippen molar-refractivity contribution in [3.8, 4) is 16.6 Å². The number of carboxylic acids is 1. The number of carbonyl (C=O) groups excluding carboxylic acids is 1. The molecule has 6 heteroatoms. The molecule has 1 heterocycles. The number of carbonyl (C=O) groups is 1. The second-order valence-electron chi connectivity index (χ2n) is 3.55. The molecular formula is C13H6BrN2O2S-. The fraction of sp³-hybridized carbons (Fsp3) is 0. The van der Waals surface area contributed by atoms with Crippen LogP contribution >= 0.6 is 27.3 Å². The van der Waals surface area contributed by atoms with Crippen LogP contribution < -0.4 is 5.11 Å². The summed E-state index contributed by atoms with van der Waals surface area (Å²) in [4.78, 5) is 14.9. The Hall–Kier alpha value is -1.97. The van der Waals surface area contributed by atoms with Crippen molar-refractivity contribution >= 4 is 39.3 Å². The van der Waals surface area contributed by atoms with Gasteiger partial charge in [0.15, 0.2) is 0 Å². The van der Waals surface area contributed by atoms with Crippen molar-refractivity contribution < 1.29 is 9.90 Å². The van der Waals surface area contributed by atoms with Gasteiger partial charge in [-0.3, -0.25) is 0 Å². The number of aromatic nitrogens is 1. The van der Waals surface area contributed by atoms with Crippen molar-refractivity contribution in [2.45, 2.75) is 0 Å². The normalized spacial score (nSPS) is 11.1. The van der Waals surface area contributed by atoms with Gasteiger partial charge in [-0.1, -0.05) is 28.1 Å². The van der Waals surface area contributed by atoms with Crippen LogP contribution in [0.15, 0.2) is 39.7 Å². The summed E-state index contributed by atoms with van der Waals surface area (Å²) >= 11 is 4.75. The molecule has 1 aromatic carbocycles. The van der Waals surface area contributed by atoms with E-state index in [1.54, 1.807) is 11.4 Å². The molecule has 0 saturated heterocycles. The lowest BCUT2D eigenvalue weighted by atomic mass is 10.2. The zero-order valence-electron chi connectivity index (χ0n) is 9.46. The molecule has 0 radical (unpaired) electrons. The highest BCUT2D eigenvalue weighted by atomic mass is 79.9. The average molecular weight is 334 g/mol. The average Bonchev–Trinajstić information content (AvgIpc) is 2.84. The highest BCUT2D eigenvalue weighted by Crippen LogP contribution is 2.26. The van der Waals surface area contributed by atoms with Gasteiger partial charge in [-0.15, -0.1) is 11.3 Å². The Morgan fingerprint density at radius 1 is 1.53 bits per heavy atom. The Morgan fingerprint density at radius 3 is 2.95 bits per heavy atom. The highest BCUT2D eigenvalue weighted by Gasteiger charge is 2.05. The molecule has 0 N–H and O–H groups in total. The summed E-state index contributed by atoms with van der Waals surface area (Å²) in [5.74, 6) is -1.50. The molecule has 0 fully saturated rings. The van der Waals surface area contributed by atoms with E-state index in [4.69, 9.17) is 5.26 Å². The number of halogens is 1. The van der Waals surface area contributed by atoms with E-state index in [9.17, 15) is 9.90 Å². The third kappa shape index (κ3) is 3.28. The van der Waals surface area contributed by atoms with Crippen LogP contribution in [0.3, 0.4) is 0 Å². The molecule has 1 aromatic heterocycles. The quantitative estimate of drug-likeness (QED) is 0.637. The van der Waals surface area contributed by atoms with Gasteiger partial charge < -0.3 is 9.90 Å². The van der Waals surface area contributed by atoms with Crippen LogP contribution in [0.4, 0.5) is 0 Å². The molecule has 0 aliphatic rings. The van der Waals surface area contributed by atoms with Gasteiger partial charge in [0.25, 0.3) is 0 Å². The van der Waals surface area contributed by atoms with Gasteiger partial charge in [0.2, 0.25) is 0 Å². The van der Waals surface area contributed by atoms with E-state index in [2.05, 4.69) is 20.9 Å². The Balaban J connectivity index is 2.35. The van der Waals surface area contributed by atoms with Gasteiger partial charge in [0.1, 0.15) is 11.1 Å². The first-order valence-corrected chi connectivity index (χ1v) is 6.82. The Kier molecular flexibility index (Phi) is 4.10.